The van der Waals surface area contributed by atoms with E-state index in [2.05, 4.69) is 45.5 Å². The van der Waals surface area contributed by atoms with Crippen molar-refractivity contribution in [3.05, 3.63) is 46.1 Å². The number of pyridine rings is 1. The number of likely N-dealkylation sites (N-methyl/N-ethyl adjacent to an activating group) is 1. The van der Waals surface area contributed by atoms with Crippen molar-refractivity contribution in [3.63, 3.8) is 0 Å². The molecule has 2 aromatic heterocycles. The van der Waals surface area contributed by atoms with Gasteiger partial charge in [-0.3, -0.25) is 4.79 Å². The molecule has 1 saturated heterocycles. The van der Waals surface area contributed by atoms with Gasteiger partial charge >= 0.3 is 0 Å². The van der Waals surface area contributed by atoms with Crippen LogP contribution in [0.25, 0.3) is 32.8 Å². The summed E-state index contributed by atoms with van der Waals surface area (Å²) in [5.74, 6) is 0.730. The van der Waals surface area contributed by atoms with Crippen molar-refractivity contribution >= 4 is 38.5 Å². The Morgan fingerprint density at radius 2 is 1.91 bits per heavy atom. The molecular formula is C25H27N5O2. The van der Waals surface area contributed by atoms with Crippen molar-refractivity contribution in [1.29, 1.82) is 5.26 Å². The number of nitriles is 1. The summed E-state index contributed by atoms with van der Waals surface area (Å²) in [7, 11) is 3.80. The minimum Gasteiger partial charge on any atom is -0.495 e. The molecule has 7 nitrogen and oxygen atoms in total. The second-order valence-electron chi connectivity index (χ2n) is 8.53. The van der Waals surface area contributed by atoms with E-state index in [-0.39, 0.29) is 5.43 Å². The zero-order chi connectivity index (χ0) is 22.4. The fraction of sp³-hybridized carbons (Fsp3) is 0.360. The standard InChI is InChI=1S/C25H27N5O2/c1-4-7-30-20-14-21(29-10-8-28(2)9-11-29)22(32-3)13-18(20)24(31)23-17-6-5-16(15-26)12-19(17)27-25(23)30/h5-6,12-14,27H,4,7-11H2,1-3H3. The Hall–Kier alpha value is -3.50. The SMILES string of the molecule is CCCn1c2cc(N3CCN(C)CC3)c(OC)cc2c(=O)c2c3ccc(C#N)cc3[nH]c21. The molecule has 1 N–H and O–H groups in total. The number of aryl methyl sites for hydroxylation is 1. The van der Waals surface area contributed by atoms with E-state index >= 15 is 0 Å². The molecule has 3 heterocycles. The molecule has 5 rings (SSSR count). The Bertz CT molecular complexity index is 1430. The predicted molar refractivity (Wildman–Crippen MR) is 129 cm³/mol. The molecule has 7 heteroatoms. The predicted octanol–water partition coefficient (Wildman–Crippen LogP) is 3.68. The lowest BCUT2D eigenvalue weighted by Crippen LogP contribution is -2.44. The van der Waals surface area contributed by atoms with Crippen LogP contribution in [0.15, 0.2) is 35.1 Å². The van der Waals surface area contributed by atoms with Crippen LogP contribution >= 0.6 is 0 Å². The van der Waals surface area contributed by atoms with Gasteiger partial charge in [0, 0.05) is 43.6 Å². The molecule has 0 unspecified atom stereocenters. The van der Waals surface area contributed by atoms with E-state index in [1.807, 2.05) is 18.2 Å². The topological polar surface area (TPSA) is 77.3 Å². The third kappa shape index (κ3) is 3.10. The van der Waals surface area contributed by atoms with Crippen LogP contribution < -0.4 is 15.1 Å². The number of fused-ring (bicyclic) bond motifs is 4. The van der Waals surface area contributed by atoms with Crippen LogP contribution in [0.5, 0.6) is 5.75 Å². The van der Waals surface area contributed by atoms with E-state index in [1.54, 1.807) is 13.2 Å². The molecule has 1 aliphatic heterocycles. The Morgan fingerprint density at radius 1 is 1.12 bits per heavy atom. The quantitative estimate of drug-likeness (QED) is 0.536. The van der Waals surface area contributed by atoms with E-state index in [0.717, 1.165) is 72.6 Å². The van der Waals surface area contributed by atoms with Gasteiger partial charge in [0.25, 0.3) is 0 Å². The maximum Gasteiger partial charge on any atom is 0.199 e. The van der Waals surface area contributed by atoms with Gasteiger partial charge in [-0.25, -0.2) is 0 Å². The van der Waals surface area contributed by atoms with Crippen molar-refractivity contribution < 1.29 is 4.74 Å². The number of ether oxygens (including phenoxy) is 1. The smallest absolute Gasteiger partial charge is 0.199 e. The Labute approximate surface area is 186 Å². The maximum atomic E-state index is 13.7. The number of hydrogen-bond donors (Lipinski definition) is 1. The van der Waals surface area contributed by atoms with Gasteiger partial charge in [0.1, 0.15) is 11.4 Å². The third-order valence-electron chi connectivity index (χ3n) is 6.53. The highest BCUT2D eigenvalue weighted by Gasteiger charge is 2.22. The first-order valence-corrected chi connectivity index (χ1v) is 11.1. The van der Waals surface area contributed by atoms with Crippen LogP contribution in [0.1, 0.15) is 18.9 Å². The zero-order valence-electron chi connectivity index (χ0n) is 18.7. The summed E-state index contributed by atoms with van der Waals surface area (Å²) in [5.41, 5.74) is 4.11. The summed E-state index contributed by atoms with van der Waals surface area (Å²) in [6.07, 6.45) is 0.932. The van der Waals surface area contributed by atoms with Gasteiger partial charge in [0.15, 0.2) is 5.43 Å². The lowest BCUT2D eigenvalue weighted by atomic mass is 10.1. The highest BCUT2D eigenvalue weighted by molar-refractivity contribution is 6.10. The fourth-order valence-corrected chi connectivity index (χ4v) is 4.82. The summed E-state index contributed by atoms with van der Waals surface area (Å²) in [6, 6.07) is 11.6. The number of hydrogen-bond acceptors (Lipinski definition) is 5. The molecule has 0 bridgehead atoms. The van der Waals surface area contributed by atoms with Crippen LogP contribution in [0.3, 0.4) is 0 Å². The molecule has 1 aliphatic rings. The fourth-order valence-electron chi connectivity index (χ4n) is 4.82. The molecule has 0 spiro atoms. The van der Waals surface area contributed by atoms with Crippen LogP contribution in [0, 0.1) is 11.3 Å². The van der Waals surface area contributed by atoms with Crippen LogP contribution in [0.2, 0.25) is 0 Å². The highest BCUT2D eigenvalue weighted by Crippen LogP contribution is 2.35. The monoisotopic (exact) mass is 429 g/mol. The number of H-pyrrole nitrogens is 1. The van der Waals surface area contributed by atoms with Gasteiger partial charge in [-0.1, -0.05) is 13.0 Å². The first-order valence-electron chi connectivity index (χ1n) is 11.1. The van der Waals surface area contributed by atoms with Gasteiger partial charge in [0.05, 0.1) is 40.7 Å². The number of aromatic amines is 1. The second kappa shape index (κ2) is 7.88. The Balaban J connectivity index is 1.84. The molecule has 0 amide bonds. The normalized spacial score (nSPS) is 15.0. The minimum atomic E-state index is -0.0125. The van der Waals surface area contributed by atoms with Gasteiger partial charge in [0.2, 0.25) is 0 Å². The number of methoxy groups -OCH3 is 1. The van der Waals surface area contributed by atoms with E-state index in [1.165, 1.54) is 0 Å². The number of benzene rings is 2. The Kier molecular flexibility index (Phi) is 5.03. The van der Waals surface area contributed by atoms with Crippen LogP contribution in [-0.2, 0) is 6.54 Å². The summed E-state index contributed by atoms with van der Waals surface area (Å²) in [6.45, 7) is 6.73. The number of nitrogens with one attached hydrogen (secondary N) is 1. The highest BCUT2D eigenvalue weighted by atomic mass is 16.5. The lowest BCUT2D eigenvalue weighted by Gasteiger charge is -2.35. The van der Waals surface area contributed by atoms with Crippen molar-refractivity contribution in [2.24, 2.45) is 0 Å². The molecule has 32 heavy (non-hydrogen) atoms. The van der Waals surface area contributed by atoms with E-state index < -0.39 is 0 Å². The van der Waals surface area contributed by atoms with Gasteiger partial charge in [-0.2, -0.15) is 5.26 Å². The Morgan fingerprint density at radius 3 is 2.59 bits per heavy atom. The molecule has 0 radical (unpaired) electrons. The average molecular weight is 430 g/mol. The third-order valence-corrected chi connectivity index (χ3v) is 6.53. The lowest BCUT2D eigenvalue weighted by molar-refractivity contribution is 0.311. The number of aromatic nitrogens is 2. The number of nitrogens with zero attached hydrogens (tertiary/aromatic N) is 4. The summed E-state index contributed by atoms with van der Waals surface area (Å²) in [4.78, 5) is 21.8. The second-order valence-corrected chi connectivity index (χ2v) is 8.53. The molecule has 0 atom stereocenters. The number of anilines is 1. The summed E-state index contributed by atoms with van der Waals surface area (Å²) in [5, 5.41) is 11.5. The minimum absolute atomic E-state index is 0.0125. The van der Waals surface area contributed by atoms with Crippen LogP contribution in [-0.4, -0.2) is 54.8 Å². The number of rotatable bonds is 4. The molecule has 1 fully saturated rings. The molecule has 164 valence electrons. The van der Waals surface area contributed by atoms with E-state index in [9.17, 15) is 10.1 Å². The van der Waals surface area contributed by atoms with Gasteiger partial charge in [-0.15, -0.1) is 0 Å². The maximum absolute atomic E-state index is 13.7. The average Bonchev–Trinajstić information content (AvgIpc) is 3.20. The molecular weight excluding hydrogens is 402 g/mol. The first kappa shape index (κ1) is 20.4. The molecule has 0 aliphatic carbocycles. The van der Waals surface area contributed by atoms with Gasteiger partial charge in [-0.05, 0) is 37.7 Å². The first-order chi connectivity index (χ1) is 15.5. The van der Waals surface area contributed by atoms with Crippen molar-refractivity contribution in [2.45, 2.75) is 19.9 Å². The van der Waals surface area contributed by atoms with Crippen molar-refractivity contribution in [2.75, 3.05) is 45.2 Å². The summed E-state index contributed by atoms with van der Waals surface area (Å²) < 4.78 is 7.96. The zero-order valence-corrected chi connectivity index (χ0v) is 18.7. The van der Waals surface area contributed by atoms with Crippen molar-refractivity contribution in [3.8, 4) is 11.8 Å². The van der Waals surface area contributed by atoms with E-state index in [0.29, 0.717) is 16.3 Å². The largest absolute Gasteiger partial charge is 0.495 e. The molecule has 4 aromatic rings. The summed E-state index contributed by atoms with van der Waals surface area (Å²) >= 11 is 0. The molecule has 0 saturated carbocycles. The van der Waals surface area contributed by atoms with Crippen LogP contribution in [0.4, 0.5) is 5.69 Å². The van der Waals surface area contributed by atoms with Gasteiger partial charge < -0.3 is 24.1 Å². The van der Waals surface area contributed by atoms with E-state index in [4.69, 9.17) is 4.74 Å². The number of piperazine rings is 1. The molecule has 2 aromatic carbocycles. The van der Waals surface area contributed by atoms with Crippen molar-refractivity contribution in [1.82, 2.24) is 14.5 Å².